The number of amides is 1. The fourth-order valence-corrected chi connectivity index (χ4v) is 2.14. The van der Waals surface area contributed by atoms with Crippen molar-refractivity contribution in [3.05, 3.63) is 0 Å². The largest absolute Gasteiger partial charge is 0.479 e. The van der Waals surface area contributed by atoms with Crippen LogP contribution < -0.4 is 16.6 Å². The molecule has 0 spiro atoms. The number of carbonyl (C=O) groups is 2. The summed E-state index contributed by atoms with van der Waals surface area (Å²) in [6, 6.07) is -0.677. The predicted octanol–water partition coefficient (Wildman–Crippen LogP) is -2.34. The Bertz CT molecular complexity index is 366. The van der Waals surface area contributed by atoms with E-state index in [1.54, 1.807) is 0 Å². The monoisotopic (exact) mass is 291 g/mol. The Kier molecular flexibility index (Phi) is 5.84. The summed E-state index contributed by atoms with van der Waals surface area (Å²) in [6.07, 6.45) is -2.00. The van der Waals surface area contributed by atoms with Crippen molar-refractivity contribution < 1.29 is 29.6 Å². The van der Waals surface area contributed by atoms with Crippen LogP contribution in [0.25, 0.3) is 0 Å². The molecule has 1 amide bonds. The molecule has 0 saturated carbocycles. The van der Waals surface area contributed by atoms with Crippen molar-refractivity contribution in [2.45, 2.75) is 50.2 Å². The van der Waals surface area contributed by atoms with E-state index >= 15 is 0 Å². The standard InChI is InChI=1S/C11H21N3O6/c1-6(16)13-14-8-3-2-7(10(18)19)20-11(8,12)9(17)4-5-15/h7-9,14-15,17H,2-5,12H2,1H3,(H,13,16)(H,18,19)/t7?,8-,9-,11-/m1/s1. The molecule has 1 rings (SSSR count). The summed E-state index contributed by atoms with van der Waals surface area (Å²) in [5, 5.41) is 27.9. The van der Waals surface area contributed by atoms with E-state index in [4.69, 9.17) is 20.7 Å². The summed E-state index contributed by atoms with van der Waals surface area (Å²) in [6.45, 7) is 0.965. The molecular formula is C11H21N3O6. The number of nitrogens with one attached hydrogen (secondary N) is 2. The number of carboxylic acids is 1. The van der Waals surface area contributed by atoms with E-state index in [0.717, 1.165) is 0 Å². The molecule has 116 valence electrons. The molecule has 0 radical (unpaired) electrons. The number of hydrogen-bond donors (Lipinski definition) is 6. The average molecular weight is 291 g/mol. The van der Waals surface area contributed by atoms with E-state index in [9.17, 15) is 14.7 Å². The first kappa shape index (κ1) is 16.8. The number of aliphatic hydroxyl groups excluding tert-OH is 2. The molecule has 0 aromatic rings. The quantitative estimate of drug-likeness (QED) is 0.297. The fourth-order valence-electron chi connectivity index (χ4n) is 2.14. The molecule has 4 atom stereocenters. The first-order chi connectivity index (χ1) is 9.31. The Morgan fingerprint density at radius 3 is 2.65 bits per heavy atom. The van der Waals surface area contributed by atoms with Gasteiger partial charge in [0.15, 0.2) is 11.8 Å². The van der Waals surface area contributed by atoms with Gasteiger partial charge in [0, 0.05) is 20.0 Å². The minimum absolute atomic E-state index is 0.0684. The van der Waals surface area contributed by atoms with Gasteiger partial charge in [0.2, 0.25) is 5.91 Å². The van der Waals surface area contributed by atoms with Crippen LogP contribution in [0.5, 0.6) is 0 Å². The van der Waals surface area contributed by atoms with Crippen molar-refractivity contribution in [3.8, 4) is 0 Å². The third-order valence-corrected chi connectivity index (χ3v) is 3.23. The van der Waals surface area contributed by atoms with E-state index in [1.165, 1.54) is 6.92 Å². The van der Waals surface area contributed by atoms with Crippen molar-refractivity contribution in [1.82, 2.24) is 10.9 Å². The van der Waals surface area contributed by atoms with E-state index < -0.39 is 29.9 Å². The van der Waals surface area contributed by atoms with Crippen LogP contribution in [0.3, 0.4) is 0 Å². The van der Waals surface area contributed by atoms with Crippen LogP contribution in [-0.4, -0.2) is 57.8 Å². The Morgan fingerprint density at radius 2 is 2.15 bits per heavy atom. The zero-order valence-electron chi connectivity index (χ0n) is 11.2. The lowest BCUT2D eigenvalue weighted by molar-refractivity contribution is -0.210. The zero-order chi connectivity index (χ0) is 15.3. The van der Waals surface area contributed by atoms with Crippen molar-refractivity contribution in [2.24, 2.45) is 5.73 Å². The summed E-state index contributed by atoms with van der Waals surface area (Å²) in [5.74, 6) is -1.53. The van der Waals surface area contributed by atoms with Gasteiger partial charge in [-0.05, 0) is 12.8 Å². The highest BCUT2D eigenvalue weighted by molar-refractivity contribution is 5.73. The van der Waals surface area contributed by atoms with Crippen LogP contribution in [0.2, 0.25) is 0 Å². The minimum Gasteiger partial charge on any atom is -0.479 e. The molecule has 0 aliphatic carbocycles. The van der Waals surface area contributed by atoms with E-state index in [1.807, 2.05) is 0 Å². The molecule has 1 aliphatic rings. The topological polar surface area (TPSA) is 154 Å². The number of nitrogens with two attached hydrogens (primary N) is 1. The molecule has 1 fully saturated rings. The maximum Gasteiger partial charge on any atom is 0.332 e. The first-order valence-corrected chi connectivity index (χ1v) is 6.31. The number of carboxylic acid groups (broad SMARTS) is 1. The van der Waals surface area contributed by atoms with Crippen LogP contribution >= 0.6 is 0 Å². The van der Waals surface area contributed by atoms with Gasteiger partial charge in [-0.15, -0.1) is 0 Å². The molecule has 9 heteroatoms. The van der Waals surface area contributed by atoms with Gasteiger partial charge in [-0.1, -0.05) is 0 Å². The van der Waals surface area contributed by atoms with Crippen molar-refractivity contribution in [3.63, 3.8) is 0 Å². The molecule has 0 bridgehead atoms. The summed E-state index contributed by atoms with van der Waals surface area (Å²) < 4.78 is 5.30. The second kappa shape index (κ2) is 6.95. The summed E-state index contributed by atoms with van der Waals surface area (Å²) in [5.41, 5.74) is 9.24. The summed E-state index contributed by atoms with van der Waals surface area (Å²) in [7, 11) is 0. The highest BCUT2D eigenvalue weighted by Gasteiger charge is 2.49. The van der Waals surface area contributed by atoms with E-state index in [-0.39, 0.29) is 31.8 Å². The van der Waals surface area contributed by atoms with Crippen molar-refractivity contribution in [1.29, 1.82) is 0 Å². The van der Waals surface area contributed by atoms with Gasteiger partial charge in [0.1, 0.15) is 6.10 Å². The Balaban J connectivity index is 2.85. The smallest absolute Gasteiger partial charge is 0.332 e. The second-order valence-electron chi connectivity index (χ2n) is 4.78. The number of hydrazine groups is 1. The average Bonchev–Trinajstić information content (AvgIpc) is 2.37. The molecule has 20 heavy (non-hydrogen) atoms. The lowest BCUT2D eigenvalue weighted by Gasteiger charge is -2.45. The maximum absolute atomic E-state index is 11.0. The third kappa shape index (κ3) is 3.87. The second-order valence-corrected chi connectivity index (χ2v) is 4.78. The van der Waals surface area contributed by atoms with Crippen LogP contribution in [0.15, 0.2) is 0 Å². The van der Waals surface area contributed by atoms with Crippen molar-refractivity contribution >= 4 is 11.9 Å². The molecule has 0 aromatic carbocycles. The van der Waals surface area contributed by atoms with Gasteiger partial charge in [-0.3, -0.25) is 16.0 Å². The van der Waals surface area contributed by atoms with Gasteiger partial charge in [-0.2, -0.15) is 0 Å². The highest BCUT2D eigenvalue weighted by atomic mass is 16.6. The highest BCUT2D eigenvalue weighted by Crippen LogP contribution is 2.29. The number of carbonyl (C=O) groups excluding carboxylic acids is 1. The first-order valence-electron chi connectivity index (χ1n) is 6.31. The number of aliphatic carboxylic acids is 1. The van der Waals surface area contributed by atoms with Crippen LogP contribution in [-0.2, 0) is 14.3 Å². The maximum atomic E-state index is 11.0. The van der Waals surface area contributed by atoms with Gasteiger partial charge >= 0.3 is 5.97 Å². The van der Waals surface area contributed by atoms with Crippen LogP contribution in [0, 0.1) is 0 Å². The van der Waals surface area contributed by atoms with Crippen LogP contribution in [0.4, 0.5) is 0 Å². The number of hydrogen-bond acceptors (Lipinski definition) is 7. The molecular weight excluding hydrogens is 270 g/mol. The molecule has 1 saturated heterocycles. The zero-order valence-corrected chi connectivity index (χ0v) is 11.2. The molecule has 1 heterocycles. The van der Waals surface area contributed by atoms with E-state index in [0.29, 0.717) is 0 Å². The van der Waals surface area contributed by atoms with E-state index in [2.05, 4.69) is 10.9 Å². The van der Waals surface area contributed by atoms with Gasteiger partial charge in [-0.25, -0.2) is 10.2 Å². The predicted molar refractivity (Wildman–Crippen MR) is 67.1 cm³/mol. The number of aliphatic hydroxyl groups is 2. The fraction of sp³-hybridized carbons (Fsp3) is 0.818. The SMILES string of the molecule is CC(=O)NN[C@@H]1CCC(C(=O)O)O[C@@]1(N)[C@H](O)CCO. The van der Waals surface area contributed by atoms with Crippen molar-refractivity contribution in [2.75, 3.05) is 6.61 Å². The number of rotatable bonds is 6. The van der Waals surface area contributed by atoms with Gasteiger partial charge in [0.25, 0.3) is 0 Å². The van der Waals surface area contributed by atoms with Gasteiger partial charge in [0.05, 0.1) is 6.04 Å². The molecule has 9 nitrogen and oxygen atoms in total. The molecule has 0 aromatic heterocycles. The normalized spacial score (nSPS) is 31.6. The lowest BCUT2D eigenvalue weighted by atomic mass is 9.88. The molecule has 7 N–H and O–H groups in total. The third-order valence-electron chi connectivity index (χ3n) is 3.23. The Hall–Kier alpha value is -1.26. The summed E-state index contributed by atoms with van der Waals surface area (Å²) >= 11 is 0. The summed E-state index contributed by atoms with van der Waals surface area (Å²) in [4.78, 5) is 21.9. The van der Waals surface area contributed by atoms with Gasteiger partial charge < -0.3 is 20.1 Å². The van der Waals surface area contributed by atoms with Crippen LogP contribution in [0.1, 0.15) is 26.2 Å². The molecule has 1 aliphatic heterocycles. The minimum atomic E-state index is -1.72. The molecule has 1 unspecified atom stereocenters. The Morgan fingerprint density at radius 1 is 1.50 bits per heavy atom. The lowest BCUT2D eigenvalue weighted by Crippen LogP contribution is -2.71. The Labute approximate surface area is 116 Å². The number of ether oxygens (including phenoxy) is 1.